The van der Waals surface area contributed by atoms with Crippen LogP contribution < -0.4 is 10.2 Å². The van der Waals surface area contributed by atoms with Crippen LogP contribution in [0.1, 0.15) is 26.7 Å². The van der Waals surface area contributed by atoms with Crippen LogP contribution in [0.15, 0.2) is 30.3 Å². The molecule has 1 heterocycles. The van der Waals surface area contributed by atoms with Gasteiger partial charge in [0.05, 0.1) is 0 Å². The van der Waals surface area contributed by atoms with E-state index in [0.29, 0.717) is 13.0 Å². The molecule has 5 heteroatoms. The number of anilines is 1. The van der Waals surface area contributed by atoms with Crippen LogP contribution in [-0.2, 0) is 9.59 Å². The van der Waals surface area contributed by atoms with Gasteiger partial charge in [-0.3, -0.25) is 9.59 Å². The first-order valence-corrected chi connectivity index (χ1v) is 8.47. The van der Waals surface area contributed by atoms with Crippen LogP contribution >= 0.6 is 0 Å². The van der Waals surface area contributed by atoms with Gasteiger partial charge in [-0.05, 0) is 18.6 Å². The fourth-order valence-electron chi connectivity index (χ4n) is 2.66. The average Bonchev–Trinajstić information content (AvgIpc) is 2.61. The van der Waals surface area contributed by atoms with E-state index in [1.165, 1.54) is 5.69 Å². The summed E-state index contributed by atoms with van der Waals surface area (Å²) in [4.78, 5) is 28.1. The lowest BCUT2D eigenvalue weighted by Crippen LogP contribution is -2.49. The Labute approximate surface area is 138 Å². The Morgan fingerprint density at radius 2 is 1.78 bits per heavy atom. The summed E-state index contributed by atoms with van der Waals surface area (Å²) in [5, 5.41) is 2.84. The Balaban J connectivity index is 1.70. The van der Waals surface area contributed by atoms with E-state index in [1.54, 1.807) is 0 Å². The number of carbonyl (C=O) groups is 2. The second-order valence-corrected chi connectivity index (χ2v) is 6.05. The Kier molecular flexibility index (Phi) is 6.44. The highest BCUT2D eigenvalue weighted by molar-refractivity contribution is 5.80. The molecule has 5 nitrogen and oxygen atoms in total. The number of carbonyl (C=O) groups excluding carboxylic acids is 2. The fraction of sp³-hybridized carbons (Fsp3) is 0.556. The van der Waals surface area contributed by atoms with Crippen LogP contribution in [0, 0.1) is 5.92 Å². The van der Waals surface area contributed by atoms with Crippen molar-refractivity contribution >= 4 is 17.5 Å². The van der Waals surface area contributed by atoms with Crippen LogP contribution in [-0.4, -0.2) is 49.4 Å². The van der Waals surface area contributed by atoms with Gasteiger partial charge in [-0.25, -0.2) is 0 Å². The highest BCUT2D eigenvalue weighted by Crippen LogP contribution is 2.15. The first-order chi connectivity index (χ1) is 11.1. The van der Waals surface area contributed by atoms with Crippen molar-refractivity contribution < 1.29 is 9.59 Å². The molecule has 23 heavy (non-hydrogen) atoms. The Bertz CT molecular complexity index is 510. The molecule has 0 saturated carbocycles. The maximum absolute atomic E-state index is 12.2. The number of rotatable bonds is 6. The van der Waals surface area contributed by atoms with Gasteiger partial charge in [0.15, 0.2) is 0 Å². The second kappa shape index (κ2) is 8.56. The van der Waals surface area contributed by atoms with Crippen molar-refractivity contribution in [1.29, 1.82) is 0 Å². The van der Waals surface area contributed by atoms with E-state index in [2.05, 4.69) is 22.3 Å². The van der Waals surface area contributed by atoms with E-state index in [0.717, 1.165) is 32.6 Å². The molecule has 1 aromatic carbocycles. The minimum atomic E-state index is 0.0134. The molecule has 2 amide bonds. The summed E-state index contributed by atoms with van der Waals surface area (Å²) in [7, 11) is 0. The lowest BCUT2D eigenvalue weighted by atomic mass is 10.1. The first kappa shape index (κ1) is 17.3. The van der Waals surface area contributed by atoms with Crippen LogP contribution in [0.4, 0.5) is 5.69 Å². The lowest BCUT2D eigenvalue weighted by molar-refractivity contribution is -0.131. The number of hydrogen-bond acceptors (Lipinski definition) is 3. The molecule has 1 aromatic rings. The molecule has 1 fully saturated rings. The monoisotopic (exact) mass is 317 g/mol. The molecule has 0 aliphatic carbocycles. The number of para-hydroxylation sites is 1. The predicted molar refractivity (Wildman–Crippen MR) is 92.3 cm³/mol. The zero-order chi connectivity index (χ0) is 16.7. The van der Waals surface area contributed by atoms with Gasteiger partial charge in [0.25, 0.3) is 0 Å². The van der Waals surface area contributed by atoms with E-state index in [9.17, 15) is 9.59 Å². The molecule has 1 N–H and O–H groups in total. The standard InChI is InChI=1S/C18H27N3O2/c1-3-15(2)18(23)19-10-9-17(22)21-13-11-20(12-14-21)16-7-5-4-6-8-16/h4-8,15H,3,9-14H2,1-2H3,(H,19,23)/t15-/m1/s1. The minimum Gasteiger partial charge on any atom is -0.368 e. The van der Waals surface area contributed by atoms with Crippen molar-refractivity contribution in [1.82, 2.24) is 10.2 Å². The largest absolute Gasteiger partial charge is 0.368 e. The van der Waals surface area contributed by atoms with Gasteiger partial charge in [-0.2, -0.15) is 0 Å². The van der Waals surface area contributed by atoms with E-state index in [-0.39, 0.29) is 17.7 Å². The molecule has 0 bridgehead atoms. The molecular weight excluding hydrogens is 290 g/mol. The number of benzene rings is 1. The summed E-state index contributed by atoms with van der Waals surface area (Å²) in [6, 6.07) is 10.3. The van der Waals surface area contributed by atoms with E-state index in [1.807, 2.05) is 36.9 Å². The third kappa shape index (κ3) is 4.98. The third-order valence-electron chi connectivity index (χ3n) is 4.45. The Hall–Kier alpha value is -2.04. The molecule has 0 aromatic heterocycles. The zero-order valence-electron chi connectivity index (χ0n) is 14.1. The van der Waals surface area contributed by atoms with E-state index >= 15 is 0 Å². The molecule has 1 aliphatic rings. The molecule has 0 spiro atoms. The second-order valence-electron chi connectivity index (χ2n) is 6.05. The van der Waals surface area contributed by atoms with Gasteiger partial charge in [0.2, 0.25) is 11.8 Å². The minimum absolute atomic E-state index is 0.0134. The van der Waals surface area contributed by atoms with Gasteiger partial charge < -0.3 is 15.1 Å². The van der Waals surface area contributed by atoms with Crippen molar-refractivity contribution in [2.75, 3.05) is 37.6 Å². The van der Waals surface area contributed by atoms with Gasteiger partial charge in [0.1, 0.15) is 0 Å². The summed E-state index contributed by atoms with van der Waals surface area (Å²) in [6.45, 7) is 7.52. The molecule has 0 radical (unpaired) electrons. The maximum Gasteiger partial charge on any atom is 0.224 e. The predicted octanol–water partition coefficient (Wildman–Crippen LogP) is 1.89. The number of amides is 2. The molecule has 1 atom stereocenters. The SMILES string of the molecule is CC[C@@H](C)C(=O)NCCC(=O)N1CCN(c2ccccc2)CC1. The van der Waals surface area contributed by atoms with Crippen LogP contribution in [0.3, 0.4) is 0 Å². The quantitative estimate of drug-likeness (QED) is 0.872. The topological polar surface area (TPSA) is 52.7 Å². The number of piperazine rings is 1. The van der Waals surface area contributed by atoms with Crippen molar-refractivity contribution in [2.45, 2.75) is 26.7 Å². The third-order valence-corrected chi connectivity index (χ3v) is 4.45. The van der Waals surface area contributed by atoms with E-state index in [4.69, 9.17) is 0 Å². The Morgan fingerprint density at radius 1 is 1.13 bits per heavy atom. The lowest BCUT2D eigenvalue weighted by Gasteiger charge is -2.36. The summed E-state index contributed by atoms with van der Waals surface area (Å²) in [5.41, 5.74) is 1.21. The van der Waals surface area contributed by atoms with Crippen molar-refractivity contribution in [3.05, 3.63) is 30.3 Å². The molecule has 1 aliphatic heterocycles. The molecule has 126 valence electrons. The van der Waals surface area contributed by atoms with Crippen molar-refractivity contribution in [3.8, 4) is 0 Å². The number of hydrogen-bond donors (Lipinski definition) is 1. The normalized spacial score (nSPS) is 16.1. The van der Waals surface area contributed by atoms with Crippen LogP contribution in [0.5, 0.6) is 0 Å². The van der Waals surface area contributed by atoms with E-state index < -0.39 is 0 Å². The van der Waals surface area contributed by atoms with Crippen LogP contribution in [0.25, 0.3) is 0 Å². The van der Waals surface area contributed by atoms with Gasteiger partial charge >= 0.3 is 0 Å². The zero-order valence-corrected chi connectivity index (χ0v) is 14.1. The average molecular weight is 317 g/mol. The van der Waals surface area contributed by atoms with Crippen molar-refractivity contribution in [3.63, 3.8) is 0 Å². The van der Waals surface area contributed by atoms with Gasteiger partial charge in [-0.1, -0.05) is 32.0 Å². The molecular formula is C18H27N3O2. The molecule has 2 rings (SSSR count). The summed E-state index contributed by atoms with van der Waals surface area (Å²) in [6.07, 6.45) is 1.20. The molecule has 1 saturated heterocycles. The molecule has 0 unspecified atom stereocenters. The summed E-state index contributed by atoms with van der Waals surface area (Å²) >= 11 is 0. The number of nitrogens with one attached hydrogen (secondary N) is 1. The maximum atomic E-state index is 12.2. The highest BCUT2D eigenvalue weighted by atomic mass is 16.2. The van der Waals surface area contributed by atoms with Crippen molar-refractivity contribution in [2.24, 2.45) is 5.92 Å². The van der Waals surface area contributed by atoms with Gasteiger partial charge in [-0.15, -0.1) is 0 Å². The summed E-state index contributed by atoms with van der Waals surface area (Å²) < 4.78 is 0. The first-order valence-electron chi connectivity index (χ1n) is 8.47. The van der Waals surface area contributed by atoms with Crippen LogP contribution in [0.2, 0.25) is 0 Å². The highest BCUT2D eigenvalue weighted by Gasteiger charge is 2.21. The smallest absolute Gasteiger partial charge is 0.224 e. The van der Waals surface area contributed by atoms with Gasteiger partial charge in [0, 0.05) is 50.7 Å². The number of nitrogens with zero attached hydrogens (tertiary/aromatic N) is 2. The fourth-order valence-corrected chi connectivity index (χ4v) is 2.66. The Morgan fingerprint density at radius 3 is 2.39 bits per heavy atom. The summed E-state index contributed by atoms with van der Waals surface area (Å²) in [5.74, 6) is 0.177.